The van der Waals surface area contributed by atoms with E-state index in [0.29, 0.717) is 30.1 Å². The molecule has 0 aromatic heterocycles. The van der Waals surface area contributed by atoms with Crippen molar-refractivity contribution < 1.29 is 9.72 Å². The van der Waals surface area contributed by atoms with E-state index in [-0.39, 0.29) is 23.1 Å². The molecule has 1 amide bonds. The minimum absolute atomic E-state index is 0.0128. The monoisotopic (exact) mass is 333 g/mol. The number of amides is 1. The lowest BCUT2D eigenvalue weighted by atomic mass is 9.85. The van der Waals surface area contributed by atoms with Crippen molar-refractivity contribution in [2.24, 2.45) is 11.7 Å². The average Bonchev–Trinajstić information content (AvgIpc) is 2.52. The number of hydrogen-bond donors (Lipinski definition) is 1. The lowest BCUT2D eigenvalue weighted by Crippen LogP contribution is -2.42. The molecule has 6 heteroatoms. The van der Waals surface area contributed by atoms with Gasteiger partial charge in [-0.1, -0.05) is 26.8 Å². The van der Waals surface area contributed by atoms with Gasteiger partial charge in [-0.05, 0) is 37.2 Å². The zero-order chi connectivity index (χ0) is 18.1. The van der Waals surface area contributed by atoms with Gasteiger partial charge in [0.25, 0.3) is 11.6 Å². The molecule has 1 saturated heterocycles. The van der Waals surface area contributed by atoms with Crippen LogP contribution in [0.1, 0.15) is 56.5 Å². The number of nitrogens with two attached hydrogens (primary N) is 1. The zero-order valence-electron chi connectivity index (χ0n) is 14.9. The van der Waals surface area contributed by atoms with Crippen molar-refractivity contribution in [2.45, 2.75) is 52.0 Å². The van der Waals surface area contributed by atoms with Crippen molar-refractivity contribution >= 4 is 11.6 Å². The first-order chi connectivity index (χ1) is 11.1. The number of benzene rings is 1. The summed E-state index contributed by atoms with van der Waals surface area (Å²) in [5.74, 6) is 0.299. The first kappa shape index (κ1) is 18.4. The number of hydrogen-bond acceptors (Lipinski definition) is 4. The van der Waals surface area contributed by atoms with E-state index in [2.05, 4.69) is 0 Å². The fourth-order valence-corrected chi connectivity index (χ4v) is 3.26. The Morgan fingerprint density at radius 2 is 1.92 bits per heavy atom. The second kappa shape index (κ2) is 6.89. The molecule has 0 spiro atoms. The van der Waals surface area contributed by atoms with E-state index in [1.54, 1.807) is 17.0 Å². The molecule has 132 valence electrons. The second-order valence-electron chi connectivity index (χ2n) is 7.73. The number of likely N-dealkylation sites (tertiary alicyclic amines) is 1. The first-order valence-corrected chi connectivity index (χ1v) is 8.45. The van der Waals surface area contributed by atoms with Crippen molar-refractivity contribution in [3.8, 4) is 0 Å². The summed E-state index contributed by atoms with van der Waals surface area (Å²) in [5, 5.41) is 11.4. The molecule has 1 heterocycles. The van der Waals surface area contributed by atoms with Crippen LogP contribution in [0.2, 0.25) is 0 Å². The van der Waals surface area contributed by atoms with Gasteiger partial charge < -0.3 is 10.6 Å². The second-order valence-corrected chi connectivity index (χ2v) is 7.73. The minimum atomic E-state index is -0.403. The topological polar surface area (TPSA) is 89.5 Å². The van der Waals surface area contributed by atoms with E-state index >= 15 is 0 Å². The van der Waals surface area contributed by atoms with Gasteiger partial charge in [0.2, 0.25) is 0 Å². The molecule has 1 aromatic carbocycles. The SMILES string of the molecule is CC(N)C1CCN(C(=O)c2ccc(C(C)(C)C)c([N+](=O)[O-])c2)CC1. The number of rotatable bonds is 3. The van der Waals surface area contributed by atoms with Gasteiger partial charge in [-0.3, -0.25) is 14.9 Å². The lowest BCUT2D eigenvalue weighted by molar-refractivity contribution is -0.386. The van der Waals surface area contributed by atoms with E-state index < -0.39 is 4.92 Å². The summed E-state index contributed by atoms with van der Waals surface area (Å²) in [6.07, 6.45) is 1.76. The molecule has 1 aliphatic rings. The number of carbonyl (C=O) groups excluding carboxylic acids is 1. The fraction of sp³-hybridized carbons (Fsp3) is 0.611. The predicted octanol–water partition coefficient (Wildman–Crippen LogP) is 3.09. The van der Waals surface area contributed by atoms with E-state index in [1.165, 1.54) is 6.07 Å². The Bertz CT molecular complexity index is 627. The van der Waals surface area contributed by atoms with Crippen LogP contribution in [0.4, 0.5) is 5.69 Å². The Hall–Kier alpha value is -1.95. The largest absolute Gasteiger partial charge is 0.339 e. The molecule has 2 N–H and O–H groups in total. The lowest BCUT2D eigenvalue weighted by Gasteiger charge is -2.33. The molecule has 24 heavy (non-hydrogen) atoms. The smallest absolute Gasteiger partial charge is 0.273 e. The Morgan fingerprint density at radius 1 is 1.33 bits per heavy atom. The molecular weight excluding hydrogens is 306 g/mol. The first-order valence-electron chi connectivity index (χ1n) is 8.45. The normalized spacial score (nSPS) is 17.6. The minimum Gasteiger partial charge on any atom is -0.339 e. The summed E-state index contributed by atoms with van der Waals surface area (Å²) in [5.41, 5.74) is 6.62. The van der Waals surface area contributed by atoms with Crippen molar-refractivity contribution in [3.05, 3.63) is 39.4 Å². The van der Waals surface area contributed by atoms with Crippen LogP contribution in [0, 0.1) is 16.0 Å². The fourth-order valence-electron chi connectivity index (χ4n) is 3.26. The molecule has 0 aliphatic carbocycles. The average molecular weight is 333 g/mol. The summed E-state index contributed by atoms with van der Waals surface area (Å²) in [7, 11) is 0. The highest BCUT2D eigenvalue weighted by atomic mass is 16.6. The standard InChI is InChI=1S/C18H27N3O3/c1-12(19)13-7-9-20(10-8-13)17(22)14-5-6-15(18(2,3)4)16(11-14)21(23)24/h5-6,11-13H,7-10,19H2,1-4H3. The van der Waals surface area contributed by atoms with Gasteiger partial charge in [-0.2, -0.15) is 0 Å². The molecule has 0 bridgehead atoms. The molecule has 1 aliphatic heterocycles. The van der Waals surface area contributed by atoms with Crippen LogP contribution in [-0.4, -0.2) is 34.9 Å². The number of carbonyl (C=O) groups is 1. The summed E-state index contributed by atoms with van der Waals surface area (Å²) in [4.78, 5) is 25.5. The highest BCUT2D eigenvalue weighted by Crippen LogP contribution is 2.32. The van der Waals surface area contributed by atoms with Crippen LogP contribution in [0.25, 0.3) is 0 Å². The van der Waals surface area contributed by atoms with Crippen LogP contribution in [0.5, 0.6) is 0 Å². The van der Waals surface area contributed by atoms with Crippen molar-refractivity contribution in [3.63, 3.8) is 0 Å². The van der Waals surface area contributed by atoms with Crippen LogP contribution in [0.3, 0.4) is 0 Å². The maximum absolute atomic E-state index is 12.7. The van der Waals surface area contributed by atoms with Crippen LogP contribution < -0.4 is 5.73 Å². The van der Waals surface area contributed by atoms with Crippen molar-refractivity contribution in [2.75, 3.05) is 13.1 Å². The van der Waals surface area contributed by atoms with E-state index in [4.69, 9.17) is 5.73 Å². The molecule has 1 fully saturated rings. The quantitative estimate of drug-likeness (QED) is 0.680. The highest BCUT2D eigenvalue weighted by Gasteiger charge is 2.29. The molecule has 1 atom stereocenters. The molecule has 0 saturated carbocycles. The predicted molar refractivity (Wildman–Crippen MR) is 94.1 cm³/mol. The maximum Gasteiger partial charge on any atom is 0.273 e. The van der Waals surface area contributed by atoms with Gasteiger partial charge >= 0.3 is 0 Å². The van der Waals surface area contributed by atoms with Gasteiger partial charge in [0.15, 0.2) is 0 Å². The number of nitrogens with zero attached hydrogens (tertiary/aromatic N) is 2. The summed E-state index contributed by atoms with van der Waals surface area (Å²) >= 11 is 0. The maximum atomic E-state index is 12.7. The zero-order valence-corrected chi connectivity index (χ0v) is 14.9. The summed E-state index contributed by atoms with van der Waals surface area (Å²) < 4.78 is 0. The Kier molecular flexibility index (Phi) is 5.28. The Morgan fingerprint density at radius 3 is 2.38 bits per heavy atom. The van der Waals surface area contributed by atoms with E-state index in [9.17, 15) is 14.9 Å². The summed E-state index contributed by atoms with van der Waals surface area (Å²) in [6.45, 7) is 9.08. The van der Waals surface area contributed by atoms with Crippen molar-refractivity contribution in [1.29, 1.82) is 0 Å². The number of nitro benzene ring substituents is 1. The van der Waals surface area contributed by atoms with Crippen LogP contribution >= 0.6 is 0 Å². The number of piperidine rings is 1. The molecular formula is C18H27N3O3. The molecule has 2 rings (SSSR count). The Labute approximate surface area is 143 Å². The van der Waals surface area contributed by atoms with E-state index in [0.717, 1.165) is 12.8 Å². The molecule has 0 radical (unpaired) electrons. The molecule has 1 unspecified atom stereocenters. The van der Waals surface area contributed by atoms with Gasteiger partial charge in [0.1, 0.15) is 0 Å². The summed E-state index contributed by atoms with van der Waals surface area (Å²) in [6, 6.07) is 4.96. The number of nitro groups is 1. The molecule has 6 nitrogen and oxygen atoms in total. The third kappa shape index (κ3) is 3.93. The van der Waals surface area contributed by atoms with Gasteiger partial charge in [-0.25, -0.2) is 0 Å². The van der Waals surface area contributed by atoms with Crippen LogP contribution in [0.15, 0.2) is 18.2 Å². The highest BCUT2D eigenvalue weighted by molar-refractivity contribution is 5.95. The van der Waals surface area contributed by atoms with E-state index in [1.807, 2.05) is 27.7 Å². The van der Waals surface area contributed by atoms with Gasteiger partial charge in [-0.15, -0.1) is 0 Å². The van der Waals surface area contributed by atoms with Crippen LogP contribution in [-0.2, 0) is 5.41 Å². The third-order valence-corrected chi connectivity index (χ3v) is 4.82. The van der Waals surface area contributed by atoms with Gasteiger partial charge in [0.05, 0.1) is 4.92 Å². The Balaban J connectivity index is 2.22. The van der Waals surface area contributed by atoms with Gasteiger partial charge in [0, 0.05) is 36.3 Å². The molecule has 1 aromatic rings. The third-order valence-electron chi connectivity index (χ3n) is 4.82. The van der Waals surface area contributed by atoms with Crippen molar-refractivity contribution in [1.82, 2.24) is 4.90 Å².